The maximum Gasteiger partial charge on any atom is 0.133 e. The van der Waals surface area contributed by atoms with E-state index < -0.39 is 0 Å². The van der Waals surface area contributed by atoms with Crippen molar-refractivity contribution in [1.82, 2.24) is 9.97 Å². The zero-order chi connectivity index (χ0) is 12.5. The van der Waals surface area contributed by atoms with Crippen LogP contribution in [0.1, 0.15) is 45.1 Å². The Morgan fingerprint density at radius 3 is 2.76 bits per heavy atom. The summed E-state index contributed by atoms with van der Waals surface area (Å²) in [6.07, 6.45) is 3.28. The number of hydrogen-bond acceptors (Lipinski definition) is 4. The number of rotatable bonds is 2. The van der Waals surface area contributed by atoms with Crippen molar-refractivity contribution >= 4 is 5.82 Å². The van der Waals surface area contributed by atoms with Gasteiger partial charge in [-0.15, -0.1) is 0 Å². The van der Waals surface area contributed by atoms with Gasteiger partial charge in [0.15, 0.2) is 0 Å². The Hall–Kier alpha value is -1.16. The SMILES string of the molecule is CC(C)(C)c1cc(N)nc(CC2CCCO2)n1. The summed E-state index contributed by atoms with van der Waals surface area (Å²) < 4.78 is 5.60. The van der Waals surface area contributed by atoms with Crippen molar-refractivity contribution in [2.45, 2.75) is 51.6 Å². The largest absolute Gasteiger partial charge is 0.384 e. The average Bonchev–Trinajstić information content (AvgIpc) is 2.68. The fourth-order valence-electron chi connectivity index (χ4n) is 2.00. The fourth-order valence-corrected chi connectivity index (χ4v) is 2.00. The van der Waals surface area contributed by atoms with E-state index in [1.54, 1.807) is 0 Å². The lowest BCUT2D eigenvalue weighted by atomic mass is 9.92. The summed E-state index contributed by atoms with van der Waals surface area (Å²) in [6, 6.07) is 1.86. The van der Waals surface area contributed by atoms with E-state index in [9.17, 15) is 0 Å². The molecule has 0 aliphatic carbocycles. The molecule has 1 aromatic heterocycles. The van der Waals surface area contributed by atoms with Gasteiger partial charge in [-0.3, -0.25) is 0 Å². The maximum absolute atomic E-state index is 5.84. The van der Waals surface area contributed by atoms with Crippen molar-refractivity contribution in [2.75, 3.05) is 12.3 Å². The summed E-state index contributed by atoms with van der Waals surface area (Å²) >= 11 is 0. The van der Waals surface area contributed by atoms with Gasteiger partial charge in [-0.25, -0.2) is 9.97 Å². The maximum atomic E-state index is 5.84. The lowest BCUT2D eigenvalue weighted by molar-refractivity contribution is 0.110. The third-order valence-corrected chi connectivity index (χ3v) is 2.99. The molecular formula is C13H21N3O. The van der Waals surface area contributed by atoms with Crippen LogP contribution in [0.2, 0.25) is 0 Å². The van der Waals surface area contributed by atoms with Crippen molar-refractivity contribution in [2.24, 2.45) is 0 Å². The van der Waals surface area contributed by atoms with E-state index in [-0.39, 0.29) is 11.5 Å². The summed E-state index contributed by atoms with van der Waals surface area (Å²) in [5, 5.41) is 0. The van der Waals surface area contributed by atoms with Gasteiger partial charge in [0.25, 0.3) is 0 Å². The second-order valence-corrected chi connectivity index (χ2v) is 5.68. The number of anilines is 1. The highest BCUT2D eigenvalue weighted by molar-refractivity contribution is 5.32. The van der Waals surface area contributed by atoms with Crippen LogP contribution in [0.5, 0.6) is 0 Å². The summed E-state index contributed by atoms with van der Waals surface area (Å²) in [4.78, 5) is 8.89. The summed E-state index contributed by atoms with van der Waals surface area (Å²) in [5.41, 5.74) is 6.84. The van der Waals surface area contributed by atoms with E-state index in [0.29, 0.717) is 5.82 Å². The van der Waals surface area contributed by atoms with Crippen molar-refractivity contribution in [3.8, 4) is 0 Å². The van der Waals surface area contributed by atoms with Crippen molar-refractivity contribution in [3.63, 3.8) is 0 Å². The molecule has 1 atom stereocenters. The second-order valence-electron chi connectivity index (χ2n) is 5.68. The molecule has 0 aromatic carbocycles. The Morgan fingerprint density at radius 1 is 1.41 bits per heavy atom. The first kappa shape index (κ1) is 12.3. The van der Waals surface area contributed by atoms with Crippen molar-refractivity contribution in [3.05, 3.63) is 17.6 Å². The third-order valence-electron chi connectivity index (χ3n) is 2.99. The first-order chi connectivity index (χ1) is 7.95. The highest BCUT2D eigenvalue weighted by Gasteiger charge is 2.21. The molecule has 0 spiro atoms. The molecule has 0 saturated carbocycles. The van der Waals surface area contributed by atoms with Gasteiger partial charge in [0.05, 0.1) is 11.8 Å². The highest BCUT2D eigenvalue weighted by Crippen LogP contribution is 2.22. The van der Waals surface area contributed by atoms with E-state index in [1.165, 1.54) is 0 Å². The van der Waals surface area contributed by atoms with Gasteiger partial charge in [-0.2, -0.15) is 0 Å². The molecule has 1 unspecified atom stereocenters. The molecular weight excluding hydrogens is 214 g/mol. The number of nitrogens with zero attached hydrogens (tertiary/aromatic N) is 2. The number of aromatic nitrogens is 2. The average molecular weight is 235 g/mol. The Kier molecular flexibility index (Phi) is 3.33. The lowest BCUT2D eigenvalue weighted by Gasteiger charge is -2.19. The predicted molar refractivity (Wildman–Crippen MR) is 67.8 cm³/mol. The minimum atomic E-state index is 0.00232. The molecule has 1 aliphatic heterocycles. The van der Waals surface area contributed by atoms with Crippen LogP contribution >= 0.6 is 0 Å². The van der Waals surface area contributed by atoms with Crippen LogP contribution in [0.4, 0.5) is 5.82 Å². The van der Waals surface area contributed by atoms with Crippen LogP contribution in [0.25, 0.3) is 0 Å². The van der Waals surface area contributed by atoms with Gasteiger partial charge < -0.3 is 10.5 Å². The Morgan fingerprint density at radius 2 is 2.18 bits per heavy atom. The zero-order valence-corrected chi connectivity index (χ0v) is 10.9. The molecule has 0 bridgehead atoms. The minimum absolute atomic E-state index is 0.00232. The van der Waals surface area contributed by atoms with Crippen LogP contribution in [0, 0.1) is 0 Å². The molecule has 0 radical (unpaired) electrons. The zero-order valence-electron chi connectivity index (χ0n) is 10.9. The number of nitrogens with two attached hydrogens (primary N) is 1. The highest BCUT2D eigenvalue weighted by atomic mass is 16.5. The third kappa shape index (κ3) is 3.16. The van der Waals surface area contributed by atoms with Gasteiger partial charge in [0, 0.05) is 24.5 Å². The van der Waals surface area contributed by atoms with Gasteiger partial charge >= 0.3 is 0 Å². The topological polar surface area (TPSA) is 61.0 Å². The molecule has 94 valence electrons. The number of nitrogen functional groups attached to an aromatic ring is 1. The molecule has 2 rings (SSSR count). The van der Waals surface area contributed by atoms with Crippen molar-refractivity contribution in [1.29, 1.82) is 0 Å². The van der Waals surface area contributed by atoms with Crippen LogP contribution in [0.15, 0.2) is 6.07 Å². The van der Waals surface area contributed by atoms with Crippen LogP contribution in [-0.4, -0.2) is 22.7 Å². The first-order valence-electron chi connectivity index (χ1n) is 6.20. The van der Waals surface area contributed by atoms with Gasteiger partial charge in [0.1, 0.15) is 11.6 Å². The van der Waals surface area contributed by atoms with E-state index in [0.717, 1.165) is 37.4 Å². The second kappa shape index (κ2) is 4.61. The van der Waals surface area contributed by atoms with E-state index >= 15 is 0 Å². The molecule has 2 heterocycles. The molecule has 4 nitrogen and oxygen atoms in total. The Balaban J connectivity index is 2.19. The van der Waals surface area contributed by atoms with Gasteiger partial charge in [-0.1, -0.05) is 20.8 Å². The standard InChI is InChI=1S/C13H21N3O/c1-13(2,3)10-8-11(14)16-12(15-10)7-9-5-4-6-17-9/h8-9H,4-7H2,1-3H3,(H2,14,15,16). The lowest BCUT2D eigenvalue weighted by Crippen LogP contribution is -2.19. The molecule has 17 heavy (non-hydrogen) atoms. The molecule has 1 fully saturated rings. The minimum Gasteiger partial charge on any atom is -0.384 e. The molecule has 4 heteroatoms. The van der Waals surface area contributed by atoms with Crippen molar-refractivity contribution < 1.29 is 4.74 Å². The summed E-state index contributed by atoms with van der Waals surface area (Å²) in [5.74, 6) is 1.36. The van der Waals surface area contributed by atoms with Crippen LogP contribution in [0.3, 0.4) is 0 Å². The van der Waals surface area contributed by atoms with E-state index in [2.05, 4.69) is 30.7 Å². The molecule has 0 amide bonds. The normalized spacial score (nSPS) is 20.8. The van der Waals surface area contributed by atoms with Crippen LogP contribution < -0.4 is 5.73 Å². The fraction of sp³-hybridized carbons (Fsp3) is 0.692. The quantitative estimate of drug-likeness (QED) is 0.852. The molecule has 1 aliphatic rings. The molecule has 1 saturated heterocycles. The van der Waals surface area contributed by atoms with Crippen LogP contribution in [-0.2, 0) is 16.6 Å². The monoisotopic (exact) mass is 235 g/mol. The Bertz CT molecular complexity index is 392. The smallest absolute Gasteiger partial charge is 0.133 e. The first-order valence-corrected chi connectivity index (χ1v) is 6.20. The number of hydrogen-bond donors (Lipinski definition) is 1. The van der Waals surface area contributed by atoms with Gasteiger partial charge in [-0.05, 0) is 12.8 Å². The van der Waals surface area contributed by atoms with Gasteiger partial charge in [0.2, 0.25) is 0 Å². The molecule has 2 N–H and O–H groups in total. The number of ether oxygens (including phenoxy) is 1. The predicted octanol–water partition coefficient (Wildman–Crippen LogP) is 2.08. The molecule has 1 aromatic rings. The summed E-state index contributed by atoms with van der Waals surface area (Å²) in [6.45, 7) is 7.25. The summed E-state index contributed by atoms with van der Waals surface area (Å²) in [7, 11) is 0. The van der Waals surface area contributed by atoms with E-state index in [4.69, 9.17) is 10.5 Å². The van der Waals surface area contributed by atoms with E-state index in [1.807, 2.05) is 6.07 Å². The Labute approximate surface area is 103 Å².